The fraction of sp³-hybridized carbons (Fsp3) is 0. The first kappa shape index (κ1) is 23.5. The number of rotatable bonds is 0. The molecular weight excluding hydrogens is 469 g/mol. The molecule has 0 amide bonds. The minimum Gasteiger partial charge on any atom is -0.822 e. The predicted molar refractivity (Wildman–Crippen MR) is 26.7 cm³/mol. The standard InChI is InChI=1S/Bi.Ga.2H3O4P/c;;2*1-5(2,3)4/h;;2*(H3,1,2,3,4)/q2*+3;;/p-6. The third-order valence-corrected chi connectivity index (χ3v) is 0. The van der Waals surface area contributed by atoms with E-state index in [9.17, 15) is 0 Å². The van der Waals surface area contributed by atoms with Crippen LogP contribution in [0.3, 0.4) is 0 Å². The molecule has 0 aromatic rings. The maximum absolute atomic E-state index is 8.55. The molecule has 0 aliphatic carbocycles. The van der Waals surface area contributed by atoms with Gasteiger partial charge in [0.25, 0.3) is 0 Å². The molecule has 0 saturated heterocycles. The van der Waals surface area contributed by atoms with Crippen LogP contribution in [0.15, 0.2) is 0 Å². The van der Waals surface area contributed by atoms with Crippen LogP contribution in [-0.4, -0.2) is 46.0 Å². The first-order valence-corrected chi connectivity index (χ1v) is 4.38. The van der Waals surface area contributed by atoms with E-state index in [1.165, 1.54) is 0 Å². The Morgan fingerprint density at radius 1 is 0.667 bits per heavy atom. The Morgan fingerprint density at radius 3 is 0.667 bits per heavy atom. The second kappa shape index (κ2) is 9.30. The number of phosphoric acid groups is 2. The van der Waals surface area contributed by atoms with Crippen molar-refractivity contribution in [2.45, 2.75) is 0 Å². The van der Waals surface area contributed by atoms with Crippen LogP contribution < -0.4 is 29.4 Å². The van der Waals surface area contributed by atoms with E-state index in [0.717, 1.165) is 0 Å². The maximum Gasteiger partial charge on any atom is 3.00 e. The van der Waals surface area contributed by atoms with Crippen molar-refractivity contribution in [1.82, 2.24) is 0 Å². The van der Waals surface area contributed by atoms with E-state index >= 15 is 0 Å². The monoisotopic (exact) mass is 468 g/mol. The van der Waals surface area contributed by atoms with Gasteiger partial charge in [0.2, 0.25) is 0 Å². The van der Waals surface area contributed by atoms with Gasteiger partial charge in [-0.05, 0) is 0 Å². The Balaban J connectivity index is -0.0000000457. The van der Waals surface area contributed by atoms with Crippen molar-refractivity contribution in [2.24, 2.45) is 0 Å². The zero-order chi connectivity index (χ0) is 9.00. The molecule has 2 radical (unpaired) electrons. The average molecular weight is 469 g/mol. The first-order valence-electron chi connectivity index (χ1n) is 1.46. The maximum atomic E-state index is 8.55. The summed E-state index contributed by atoms with van der Waals surface area (Å²) in [6, 6.07) is 0. The minimum atomic E-state index is -5.39. The van der Waals surface area contributed by atoms with Gasteiger partial charge in [0.1, 0.15) is 0 Å². The average Bonchev–Trinajstić information content (AvgIpc) is 1.12. The smallest absolute Gasteiger partial charge is 0.822 e. The summed E-state index contributed by atoms with van der Waals surface area (Å²) in [4.78, 5) is 51.3. The van der Waals surface area contributed by atoms with Crippen LogP contribution in [0.5, 0.6) is 0 Å². The summed E-state index contributed by atoms with van der Waals surface area (Å²) in [5.74, 6) is 0. The van der Waals surface area contributed by atoms with Gasteiger partial charge in [0.15, 0.2) is 0 Å². The summed E-state index contributed by atoms with van der Waals surface area (Å²) in [6.07, 6.45) is 0. The van der Waals surface area contributed by atoms with Crippen LogP contribution in [-0.2, 0) is 9.13 Å². The van der Waals surface area contributed by atoms with E-state index in [1.54, 1.807) is 0 Å². The molecule has 0 unspecified atom stereocenters. The van der Waals surface area contributed by atoms with Crippen molar-refractivity contribution in [2.75, 3.05) is 0 Å². The SMILES string of the molecule is O=P([O-])([O-])[O-].O=P([O-])([O-])[O-].[Bi+3].[Ga+3]. The van der Waals surface area contributed by atoms with Crippen molar-refractivity contribution in [3.8, 4) is 0 Å². The van der Waals surface area contributed by atoms with Crippen LogP contribution >= 0.6 is 15.6 Å². The molecule has 0 atom stereocenters. The largest absolute Gasteiger partial charge is 3.00 e. The Morgan fingerprint density at radius 2 is 0.667 bits per heavy atom. The van der Waals surface area contributed by atoms with E-state index in [4.69, 9.17) is 38.5 Å². The van der Waals surface area contributed by atoms with Crippen molar-refractivity contribution < 1.29 is 38.5 Å². The van der Waals surface area contributed by atoms with Crippen molar-refractivity contribution in [3.63, 3.8) is 0 Å². The fourth-order valence-electron chi connectivity index (χ4n) is 0. The molecule has 0 N–H and O–H groups in total. The molecule has 0 spiro atoms. The molecule has 12 heteroatoms. The Kier molecular flexibility index (Phi) is 18.2. The summed E-state index contributed by atoms with van der Waals surface area (Å²) < 4.78 is 17.1. The normalized spacial score (nSPS) is 9.83. The second-order valence-corrected chi connectivity index (χ2v) is 2.68. The fourth-order valence-corrected chi connectivity index (χ4v) is 0. The van der Waals surface area contributed by atoms with Crippen LogP contribution in [0, 0.1) is 0 Å². The molecule has 0 aromatic carbocycles. The van der Waals surface area contributed by atoms with Gasteiger partial charge in [-0.2, -0.15) is 15.6 Å². The number of hydrogen-bond acceptors (Lipinski definition) is 8. The zero-order valence-electron chi connectivity index (χ0n) is 5.18. The zero-order valence-corrected chi connectivity index (χ0v) is 12.9. The molecule has 0 heterocycles. The van der Waals surface area contributed by atoms with Gasteiger partial charge in [-0.1, -0.05) is 0 Å². The van der Waals surface area contributed by atoms with Gasteiger partial charge in [-0.15, -0.1) is 0 Å². The predicted octanol–water partition coefficient (Wildman–Crippen LogP) is -6.41. The van der Waals surface area contributed by atoms with Crippen LogP contribution in [0.1, 0.15) is 0 Å². The topological polar surface area (TPSA) is 172 Å². The van der Waals surface area contributed by atoms with E-state index in [1.807, 2.05) is 0 Å². The molecule has 8 nitrogen and oxygen atoms in total. The quantitative estimate of drug-likeness (QED) is 0.249. The third kappa shape index (κ3) is 447. The molecule has 0 aliphatic rings. The molecular formula is BiGaO8P2. The second-order valence-electron chi connectivity index (χ2n) is 0.894. The van der Waals surface area contributed by atoms with Gasteiger partial charge in [-0.25, -0.2) is 0 Å². The van der Waals surface area contributed by atoms with Crippen LogP contribution in [0.25, 0.3) is 0 Å². The third-order valence-electron chi connectivity index (χ3n) is 0. The molecule has 0 aliphatic heterocycles. The summed E-state index contributed by atoms with van der Waals surface area (Å²) in [7, 11) is -10.8. The molecule has 0 fully saturated rings. The van der Waals surface area contributed by atoms with E-state index in [0.29, 0.717) is 0 Å². The van der Waals surface area contributed by atoms with Gasteiger partial charge >= 0.3 is 46.0 Å². The summed E-state index contributed by atoms with van der Waals surface area (Å²) >= 11 is 0. The van der Waals surface area contributed by atoms with E-state index in [2.05, 4.69) is 0 Å². The first-order chi connectivity index (χ1) is 4.00. The number of hydrogen-bond donors (Lipinski definition) is 0. The van der Waals surface area contributed by atoms with Crippen LogP contribution in [0.2, 0.25) is 0 Å². The Labute approximate surface area is 99.7 Å². The van der Waals surface area contributed by atoms with Crippen molar-refractivity contribution in [3.05, 3.63) is 0 Å². The molecule has 66 valence electrons. The Bertz CT molecular complexity index is 129. The Hall–Kier alpha value is 1.74. The van der Waals surface area contributed by atoms with Crippen molar-refractivity contribution >= 4 is 61.6 Å². The van der Waals surface area contributed by atoms with Crippen molar-refractivity contribution in [1.29, 1.82) is 0 Å². The van der Waals surface area contributed by atoms with Gasteiger partial charge < -0.3 is 38.5 Å². The molecule has 0 aromatic heterocycles. The molecule has 12 heavy (non-hydrogen) atoms. The van der Waals surface area contributed by atoms with E-state index in [-0.39, 0.29) is 46.0 Å². The molecule has 0 rings (SSSR count). The summed E-state index contributed by atoms with van der Waals surface area (Å²) in [6.45, 7) is 0. The minimum absolute atomic E-state index is 0. The van der Waals surface area contributed by atoms with Gasteiger partial charge in [0.05, 0.1) is 0 Å². The molecule has 0 bridgehead atoms. The van der Waals surface area contributed by atoms with Crippen LogP contribution in [0.4, 0.5) is 0 Å². The molecule has 0 saturated carbocycles. The van der Waals surface area contributed by atoms with Gasteiger partial charge in [-0.3, -0.25) is 0 Å². The summed E-state index contributed by atoms with van der Waals surface area (Å²) in [5.41, 5.74) is 0. The van der Waals surface area contributed by atoms with E-state index < -0.39 is 15.6 Å². The van der Waals surface area contributed by atoms with Gasteiger partial charge in [0, 0.05) is 0 Å². The summed E-state index contributed by atoms with van der Waals surface area (Å²) in [5, 5.41) is 0.